The van der Waals surface area contributed by atoms with Crippen molar-refractivity contribution in [2.24, 2.45) is 23.7 Å². The molecule has 1 fully saturated rings. The maximum absolute atomic E-state index is 13.5. The molecule has 8 heteroatoms. The largest absolute Gasteiger partial charge is 0.385 e. The topological polar surface area (TPSA) is 88.7 Å². The molecular formula is C36H58N6O2. The molecule has 0 atom stereocenters. The van der Waals surface area contributed by atoms with E-state index in [0.717, 1.165) is 61.5 Å². The Balaban J connectivity index is 1.55. The highest BCUT2D eigenvalue weighted by Gasteiger charge is 2.28. The lowest BCUT2D eigenvalue weighted by Crippen LogP contribution is -2.51. The van der Waals surface area contributed by atoms with Crippen molar-refractivity contribution < 1.29 is 9.59 Å². The minimum absolute atomic E-state index is 0.0523. The van der Waals surface area contributed by atoms with Gasteiger partial charge in [-0.2, -0.15) is 0 Å². The summed E-state index contributed by atoms with van der Waals surface area (Å²) >= 11 is 0. The average Bonchev–Trinajstić information content (AvgIpc) is 2.98. The fourth-order valence-corrected chi connectivity index (χ4v) is 5.39. The zero-order valence-electron chi connectivity index (χ0n) is 28.5. The van der Waals surface area contributed by atoms with Crippen molar-refractivity contribution in [2.45, 2.75) is 93.2 Å². The highest BCUT2D eigenvalue weighted by Crippen LogP contribution is 2.24. The average molecular weight is 607 g/mol. The van der Waals surface area contributed by atoms with Gasteiger partial charge in [0.2, 0.25) is 0 Å². The minimum Gasteiger partial charge on any atom is -0.385 e. The van der Waals surface area contributed by atoms with Crippen LogP contribution >= 0.6 is 0 Å². The van der Waals surface area contributed by atoms with Crippen LogP contribution in [0.1, 0.15) is 81.1 Å². The molecule has 3 rings (SSSR count). The van der Waals surface area contributed by atoms with Crippen molar-refractivity contribution in [3.8, 4) is 0 Å². The van der Waals surface area contributed by atoms with Crippen LogP contribution in [0.2, 0.25) is 0 Å². The van der Waals surface area contributed by atoms with Crippen LogP contribution in [0.25, 0.3) is 0 Å². The standard InChI is InChI=1S/C36H58N6O2/c1-25(2)21-37-29-13-17-33(18-14-29)41(23-27(5)6)35(43)39-31-9-11-32(12-10-31)40-36(44)42(24-28(7)8)34-19-15-30(16-20-34)38-22-26(3)4/h13-20,25-28,31-32,37-38H,9-12,21-24H2,1-8H3,(H,39,43)(H,40,44). The van der Waals surface area contributed by atoms with Gasteiger partial charge < -0.3 is 21.3 Å². The number of benzene rings is 2. The fourth-order valence-electron chi connectivity index (χ4n) is 5.39. The Morgan fingerprint density at radius 2 is 0.886 bits per heavy atom. The first-order valence-corrected chi connectivity index (χ1v) is 16.7. The van der Waals surface area contributed by atoms with Crippen molar-refractivity contribution in [2.75, 3.05) is 46.6 Å². The van der Waals surface area contributed by atoms with Gasteiger partial charge in [-0.15, -0.1) is 0 Å². The fraction of sp³-hybridized carbons (Fsp3) is 0.611. The number of rotatable bonds is 14. The normalized spacial score (nSPS) is 16.7. The van der Waals surface area contributed by atoms with E-state index < -0.39 is 0 Å². The minimum atomic E-state index is -0.0523. The summed E-state index contributed by atoms with van der Waals surface area (Å²) in [6.45, 7) is 20.4. The van der Waals surface area contributed by atoms with Gasteiger partial charge in [0.25, 0.3) is 0 Å². The Bertz CT molecular complexity index is 1050. The van der Waals surface area contributed by atoms with E-state index in [4.69, 9.17) is 0 Å². The Kier molecular flexibility index (Phi) is 13.7. The third-order valence-corrected chi connectivity index (χ3v) is 7.75. The summed E-state index contributed by atoms with van der Waals surface area (Å²) < 4.78 is 0. The number of anilines is 4. The third-order valence-electron chi connectivity index (χ3n) is 7.75. The molecule has 2 aromatic carbocycles. The lowest BCUT2D eigenvalue weighted by Gasteiger charge is -2.34. The molecule has 1 aliphatic rings. The van der Waals surface area contributed by atoms with E-state index in [9.17, 15) is 9.59 Å². The number of hydrogen-bond donors (Lipinski definition) is 4. The van der Waals surface area contributed by atoms with Gasteiger partial charge in [0.15, 0.2) is 0 Å². The van der Waals surface area contributed by atoms with E-state index in [0.29, 0.717) is 36.8 Å². The number of carbonyl (C=O) groups excluding carboxylic acids is 2. The van der Waals surface area contributed by atoms with Gasteiger partial charge in [0, 0.05) is 61.0 Å². The highest BCUT2D eigenvalue weighted by atomic mass is 16.2. The zero-order valence-corrected chi connectivity index (χ0v) is 28.5. The van der Waals surface area contributed by atoms with E-state index in [1.807, 2.05) is 58.3 Å². The zero-order chi connectivity index (χ0) is 32.2. The molecule has 8 nitrogen and oxygen atoms in total. The predicted molar refractivity (Wildman–Crippen MR) is 187 cm³/mol. The maximum atomic E-state index is 13.5. The first kappa shape index (κ1) is 35.1. The number of hydrogen-bond acceptors (Lipinski definition) is 4. The highest BCUT2D eigenvalue weighted by molar-refractivity contribution is 5.93. The summed E-state index contributed by atoms with van der Waals surface area (Å²) in [5, 5.41) is 13.5. The predicted octanol–water partition coefficient (Wildman–Crippen LogP) is 8.18. The second kappa shape index (κ2) is 17.2. The number of carbonyl (C=O) groups is 2. The molecule has 244 valence electrons. The van der Waals surface area contributed by atoms with E-state index in [1.54, 1.807) is 0 Å². The molecule has 0 saturated heterocycles. The monoisotopic (exact) mass is 606 g/mol. The van der Waals surface area contributed by atoms with Crippen molar-refractivity contribution in [3.05, 3.63) is 48.5 Å². The lowest BCUT2D eigenvalue weighted by molar-refractivity contribution is 0.226. The molecule has 0 bridgehead atoms. The van der Waals surface area contributed by atoms with E-state index in [1.165, 1.54) is 0 Å². The van der Waals surface area contributed by atoms with Crippen LogP contribution in [0.3, 0.4) is 0 Å². The van der Waals surface area contributed by atoms with Gasteiger partial charge in [-0.3, -0.25) is 9.80 Å². The lowest BCUT2D eigenvalue weighted by atomic mass is 9.91. The Morgan fingerprint density at radius 3 is 1.16 bits per heavy atom. The SMILES string of the molecule is CC(C)CNc1ccc(N(CC(C)C)C(=O)NC2CCC(NC(=O)N(CC(C)C)c3ccc(NCC(C)C)cc3)CC2)cc1. The molecule has 4 N–H and O–H groups in total. The number of amides is 4. The number of urea groups is 2. The summed E-state index contributed by atoms with van der Waals surface area (Å²) in [5.74, 6) is 1.81. The van der Waals surface area contributed by atoms with Gasteiger partial charge in [-0.05, 0) is 97.9 Å². The number of nitrogens with zero attached hydrogens (tertiary/aromatic N) is 2. The van der Waals surface area contributed by atoms with Crippen LogP contribution in [0, 0.1) is 23.7 Å². The van der Waals surface area contributed by atoms with Gasteiger partial charge in [-0.25, -0.2) is 9.59 Å². The molecule has 2 aromatic rings. The maximum Gasteiger partial charge on any atom is 0.322 e. The van der Waals surface area contributed by atoms with Crippen molar-refractivity contribution >= 4 is 34.8 Å². The summed E-state index contributed by atoms with van der Waals surface area (Å²) in [7, 11) is 0. The Labute approximate surface area is 266 Å². The van der Waals surface area contributed by atoms with E-state index in [-0.39, 0.29) is 24.1 Å². The molecular weight excluding hydrogens is 548 g/mol. The molecule has 4 amide bonds. The van der Waals surface area contributed by atoms with Crippen LogP contribution in [-0.2, 0) is 0 Å². The van der Waals surface area contributed by atoms with Crippen LogP contribution < -0.4 is 31.1 Å². The van der Waals surface area contributed by atoms with Crippen LogP contribution in [0.4, 0.5) is 32.3 Å². The smallest absolute Gasteiger partial charge is 0.322 e. The first-order chi connectivity index (χ1) is 20.9. The molecule has 1 aliphatic carbocycles. The first-order valence-electron chi connectivity index (χ1n) is 16.7. The Morgan fingerprint density at radius 1 is 0.568 bits per heavy atom. The second-order valence-electron chi connectivity index (χ2n) is 14.1. The summed E-state index contributed by atoms with van der Waals surface area (Å²) in [6, 6.07) is 16.4. The van der Waals surface area contributed by atoms with Gasteiger partial charge in [-0.1, -0.05) is 55.4 Å². The molecule has 0 aromatic heterocycles. The van der Waals surface area contributed by atoms with Crippen LogP contribution in [-0.4, -0.2) is 50.3 Å². The van der Waals surface area contributed by atoms with Gasteiger partial charge in [0.05, 0.1) is 0 Å². The van der Waals surface area contributed by atoms with Crippen molar-refractivity contribution in [1.82, 2.24) is 10.6 Å². The molecule has 0 spiro atoms. The third kappa shape index (κ3) is 11.6. The molecule has 1 saturated carbocycles. The Hall–Kier alpha value is -3.42. The molecule has 0 heterocycles. The van der Waals surface area contributed by atoms with Crippen molar-refractivity contribution in [3.63, 3.8) is 0 Å². The quantitative estimate of drug-likeness (QED) is 0.175. The molecule has 44 heavy (non-hydrogen) atoms. The number of nitrogens with one attached hydrogen (secondary N) is 4. The summed E-state index contributed by atoms with van der Waals surface area (Å²) in [5.41, 5.74) is 3.94. The molecule has 0 aliphatic heterocycles. The second-order valence-corrected chi connectivity index (χ2v) is 14.1. The summed E-state index contributed by atoms with van der Waals surface area (Å²) in [6.07, 6.45) is 3.35. The molecule has 0 radical (unpaired) electrons. The van der Waals surface area contributed by atoms with Crippen molar-refractivity contribution in [1.29, 1.82) is 0 Å². The van der Waals surface area contributed by atoms with Crippen LogP contribution in [0.15, 0.2) is 48.5 Å². The van der Waals surface area contributed by atoms with Gasteiger partial charge >= 0.3 is 12.1 Å². The molecule has 0 unspecified atom stereocenters. The van der Waals surface area contributed by atoms with Crippen LogP contribution in [0.5, 0.6) is 0 Å². The summed E-state index contributed by atoms with van der Waals surface area (Å²) in [4.78, 5) is 30.7. The van der Waals surface area contributed by atoms with Gasteiger partial charge in [0.1, 0.15) is 0 Å². The van der Waals surface area contributed by atoms with E-state index >= 15 is 0 Å². The van der Waals surface area contributed by atoms with E-state index in [2.05, 4.69) is 76.7 Å².